The van der Waals surface area contributed by atoms with E-state index in [1.165, 1.54) is 18.2 Å². The molecule has 0 saturated carbocycles. The van der Waals surface area contributed by atoms with E-state index in [1.54, 1.807) is 35.2 Å². The minimum absolute atomic E-state index is 0.00681. The minimum Gasteiger partial charge on any atom is -0.378 e. The molecule has 1 saturated heterocycles. The first-order valence-corrected chi connectivity index (χ1v) is 11.9. The SMILES string of the molecule is O=C(C[C@H](c1ccccc1[N+](=O)[O-])c1cn(Cc2ccc(F)cc2)c2ccccc12)N1CCOCC1. The maximum Gasteiger partial charge on any atom is 0.273 e. The number of carbonyl (C=O) groups excluding carboxylic acids is 1. The smallest absolute Gasteiger partial charge is 0.273 e. The average molecular weight is 488 g/mol. The molecule has 0 spiro atoms. The largest absolute Gasteiger partial charge is 0.378 e. The van der Waals surface area contributed by atoms with Crippen LogP contribution >= 0.6 is 0 Å². The molecule has 4 aromatic rings. The zero-order valence-electron chi connectivity index (χ0n) is 19.7. The van der Waals surface area contributed by atoms with E-state index in [-0.39, 0.29) is 28.8 Å². The van der Waals surface area contributed by atoms with Crippen LogP contribution in [0.4, 0.5) is 10.1 Å². The molecular weight excluding hydrogens is 461 g/mol. The van der Waals surface area contributed by atoms with E-state index in [9.17, 15) is 19.3 Å². The van der Waals surface area contributed by atoms with Gasteiger partial charge in [-0.2, -0.15) is 0 Å². The zero-order chi connectivity index (χ0) is 25.1. The molecule has 8 heteroatoms. The number of carbonyl (C=O) groups is 1. The van der Waals surface area contributed by atoms with E-state index >= 15 is 0 Å². The van der Waals surface area contributed by atoms with Gasteiger partial charge in [0.15, 0.2) is 0 Å². The summed E-state index contributed by atoms with van der Waals surface area (Å²) >= 11 is 0. The van der Waals surface area contributed by atoms with Crippen molar-refractivity contribution in [3.8, 4) is 0 Å². The fourth-order valence-corrected chi connectivity index (χ4v) is 4.92. The van der Waals surface area contributed by atoms with Gasteiger partial charge in [-0.3, -0.25) is 14.9 Å². The highest BCUT2D eigenvalue weighted by Crippen LogP contribution is 2.39. The lowest BCUT2D eigenvalue weighted by atomic mass is 9.86. The summed E-state index contributed by atoms with van der Waals surface area (Å²) in [5, 5.41) is 12.9. The van der Waals surface area contributed by atoms with Gasteiger partial charge in [-0.15, -0.1) is 0 Å². The summed E-state index contributed by atoms with van der Waals surface area (Å²) in [6, 6.07) is 20.8. The summed E-state index contributed by atoms with van der Waals surface area (Å²) < 4.78 is 20.9. The highest BCUT2D eigenvalue weighted by atomic mass is 19.1. The lowest BCUT2D eigenvalue weighted by Crippen LogP contribution is -2.41. The van der Waals surface area contributed by atoms with Crippen LogP contribution in [0.2, 0.25) is 0 Å². The van der Waals surface area contributed by atoms with Gasteiger partial charge in [-0.25, -0.2) is 4.39 Å². The van der Waals surface area contributed by atoms with Crippen LogP contribution < -0.4 is 0 Å². The molecule has 5 rings (SSSR count). The zero-order valence-corrected chi connectivity index (χ0v) is 19.7. The summed E-state index contributed by atoms with van der Waals surface area (Å²) in [7, 11) is 0. The Morgan fingerprint density at radius 2 is 1.67 bits per heavy atom. The summed E-state index contributed by atoms with van der Waals surface area (Å²) in [5.74, 6) is -0.868. The molecule has 0 unspecified atom stereocenters. The van der Waals surface area contributed by atoms with E-state index in [2.05, 4.69) is 4.57 Å². The van der Waals surface area contributed by atoms with Crippen molar-refractivity contribution in [2.24, 2.45) is 0 Å². The highest BCUT2D eigenvalue weighted by molar-refractivity contribution is 5.87. The number of hydrogen-bond donors (Lipinski definition) is 0. The van der Waals surface area contributed by atoms with Crippen LogP contribution in [0, 0.1) is 15.9 Å². The fourth-order valence-electron chi connectivity index (χ4n) is 4.92. The summed E-state index contributed by atoms with van der Waals surface area (Å²) in [6.45, 7) is 2.49. The van der Waals surface area contributed by atoms with Crippen molar-refractivity contribution in [1.29, 1.82) is 0 Å². The quantitative estimate of drug-likeness (QED) is 0.268. The molecular formula is C28H26FN3O4. The molecule has 36 heavy (non-hydrogen) atoms. The number of nitrogens with zero attached hydrogens (tertiary/aromatic N) is 3. The molecule has 2 heterocycles. The molecule has 184 valence electrons. The van der Waals surface area contributed by atoms with Gasteiger partial charge >= 0.3 is 0 Å². The molecule has 1 fully saturated rings. The Kier molecular flexibility index (Phi) is 6.77. The number of benzene rings is 3. The Bertz CT molecular complexity index is 1390. The van der Waals surface area contributed by atoms with Crippen molar-refractivity contribution in [2.75, 3.05) is 26.3 Å². The highest BCUT2D eigenvalue weighted by Gasteiger charge is 2.30. The predicted octanol–water partition coefficient (Wildman–Crippen LogP) is 5.12. The first-order chi connectivity index (χ1) is 17.5. The molecule has 0 N–H and O–H groups in total. The van der Waals surface area contributed by atoms with Crippen LogP contribution in [0.15, 0.2) is 79.0 Å². The second-order valence-corrected chi connectivity index (χ2v) is 8.92. The maximum absolute atomic E-state index is 13.4. The number of rotatable bonds is 7. The van der Waals surface area contributed by atoms with Crippen LogP contribution in [0.25, 0.3) is 10.9 Å². The van der Waals surface area contributed by atoms with Gasteiger partial charge in [0.1, 0.15) is 5.82 Å². The number of morpholine rings is 1. The number of nitro groups is 1. The Morgan fingerprint density at radius 3 is 2.42 bits per heavy atom. The van der Waals surface area contributed by atoms with Crippen LogP contribution in [0.5, 0.6) is 0 Å². The lowest BCUT2D eigenvalue weighted by Gasteiger charge is -2.28. The van der Waals surface area contributed by atoms with Gasteiger partial charge in [0.2, 0.25) is 5.91 Å². The minimum atomic E-state index is -0.513. The van der Waals surface area contributed by atoms with Crippen molar-refractivity contribution in [2.45, 2.75) is 18.9 Å². The second kappa shape index (κ2) is 10.3. The van der Waals surface area contributed by atoms with Crippen molar-refractivity contribution < 1.29 is 18.8 Å². The Morgan fingerprint density at radius 1 is 0.972 bits per heavy atom. The molecule has 7 nitrogen and oxygen atoms in total. The van der Waals surface area contributed by atoms with Crippen LogP contribution in [-0.2, 0) is 16.1 Å². The number of amides is 1. The molecule has 0 radical (unpaired) electrons. The number of ether oxygens (including phenoxy) is 1. The fraction of sp³-hybridized carbons (Fsp3) is 0.250. The van der Waals surface area contributed by atoms with Gasteiger partial charge < -0.3 is 14.2 Å². The van der Waals surface area contributed by atoms with Gasteiger partial charge in [-0.1, -0.05) is 48.5 Å². The third-order valence-electron chi connectivity index (χ3n) is 6.71. The number of para-hydroxylation sites is 2. The molecule has 3 aromatic carbocycles. The molecule has 1 atom stereocenters. The van der Waals surface area contributed by atoms with E-state index in [0.717, 1.165) is 22.0 Å². The Hall–Kier alpha value is -4.04. The van der Waals surface area contributed by atoms with Gasteiger partial charge in [0.05, 0.1) is 18.1 Å². The number of fused-ring (bicyclic) bond motifs is 1. The van der Waals surface area contributed by atoms with Gasteiger partial charge in [-0.05, 0) is 29.3 Å². The number of aromatic nitrogens is 1. The van der Waals surface area contributed by atoms with Gasteiger partial charge in [0, 0.05) is 60.7 Å². The predicted molar refractivity (Wildman–Crippen MR) is 134 cm³/mol. The van der Waals surface area contributed by atoms with E-state index < -0.39 is 5.92 Å². The third kappa shape index (κ3) is 4.85. The normalized spacial score (nSPS) is 14.6. The summed E-state index contributed by atoms with van der Waals surface area (Å²) in [5.41, 5.74) is 3.22. The standard InChI is InChI=1S/C28H26FN3O4/c29-21-11-9-20(10-12-21)18-31-19-25(23-6-1-3-7-26(23)31)24(17-28(33)30-13-15-36-16-14-30)22-5-2-4-8-27(22)32(34)35/h1-12,19,24H,13-18H2/t24-/m1/s1. The Balaban J connectivity index is 1.61. The van der Waals surface area contributed by atoms with Crippen molar-refractivity contribution in [3.05, 3.63) is 112 Å². The molecule has 1 amide bonds. The molecule has 1 aliphatic rings. The van der Waals surface area contributed by atoms with Crippen LogP contribution in [-0.4, -0.2) is 46.6 Å². The van der Waals surface area contributed by atoms with E-state index in [4.69, 9.17) is 4.74 Å². The lowest BCUT2D eigenvalue weighted by molar-refractivity contribution is -0.385. The maximum atomic E-state index is 13.4. The topological polar surface area (TPSA) is 77.6 Å². The summed E-state index contributed by atoms with van der Waals surface area (Å²) in [6.07, 6.45) is 2.08. The van der Waals surface area contributed by atoms with Crippen molar-refractivity contribution >= 4 is 22.5 Å². The third-order valence-corrected chi connectivity index (χ3v) is 6.71. The number of halogens is 1. The van der Waals surface area contributed by atoms with Crippen LogP contribution in [0.1, 0.15) is 29.0 Å². The molecule has 0 aliphatic carbocycles. The van der Waals surface area contributed by atoms with Crippen molar-refractivity contribution in [1.82, 2.24) is 9.47 Å². The molecule has 1 aromatic heterocycles. The summed E-state index contributed by atoms with van der Waals surface area (Å²) in [4.78, 5) is 26.7. The Labute approximate surface area is 207 Å². The first-order valence-electron chi connectivity index (χ1n) is 11.9. The van der Waals surface area contributed by atoms with E-state index in [0.29, 0.717) is 38.4 Å². The van der Waals surface area contributed by atoms with Gasteiger partial charge in [0.25, 0.3) is 5.69 Å². The van der Waals surface area contributed by atoms with Crippen molar-refractivity contribution in [3.63, 3.8) is 0 Å². The molecule has 1 aliphatic heterocycles. The average Bonchev–Trinajstić information content (AvgIpc) is 3.27. The number of hydrogen-bond acceptors (Lipinski definition) is 4. The van der Waals surface area contributed by atoms with E-state index in [1.807, 2.05) is 30.5 Å². The monoisotopic (exact) mass is 487 g/mol. The van der Waals surface area contributed by atoms with Crippen LogP contribution in [0.3, 0.4) is 0 Å². The number of nitro benzene ring substituents is 1. The molecule has 0 bridgehead atoms. The second-order valence-electron chi connectivity index (χ2n) is 8.92. The first kappa shape index (κ1) is 23.7.